The smallest absolute Gasteiger partial charge is 0.119 e. The maximum Gasteiger partial charge on any atom is 0.119 e. The summed E-state index contributed by atoms with van der Waals surface area (Å²) in [7, 11) is 0. The topological polar surface area (TPSA) is 33.0 Å². The molecule has 0 spiro atoms. The number of rotatable bonds is 8. The van der Waals surface area contributed by atoms with Gasteiger partial charge in [0.15, 0.2) is 0 Å². The van der Waals surface area contributed by atoms with E-state index in [9.17, 15) is 5.26 Å². The summed E-state index contributed by atoms with van der Waals surface area (Å²) in [5.74, 6) is 2.17. The number of ether oxygens (including phenoxy) is 1. The van der Waals surface area contributed by atoms with Crippen LogP contribution in [0.1, 0.15) is 77.2 Å². The molecule has 0 aliphatic heterocycles. The Labute approximate surface area is 176 Å². The minimum atomic E-state index is -0.0898. The van der Waals surface area contributed by atoms with Gasteiger partial charge in [-0.1, -0.05) is 63.6 Å². The number of benzene rings is 2. The van der Waals surface area contributed by atoms with Gasteiger partial charge >= 0.3 is 0 Å². The molecule has 1 saturated carbocycles. The number of nitriles is 1. The van der Waals surface area contributed by atoms with Crippen molar-refractivity contribution in [1.29, 1.82) is 5.26 Å². The zero-order valence-electron chi connectivity index (χ0n) is 18.3. The molecule has 0 heterocycles. The molecule has 0 amide bonds. The van der Waals surface area contributed by atoms with Gasteiger partial charge in [-0.2, -0.15) is 5.26 Å². The molecule has 1 aliphatic carbocycles. The van der Waals surface area contributed by atoms with Crippen LogP contribution in [0.25, 0.3) is 11.1 Å². The summed E-state index contributed by atoms with van der Waals surface area (Å²) < 4.78 is 5.68. The molecule has 0 saturated heterocycles. The SMILES string of the molecule is CCCOc1ccc(-c2ccc([C@H]3CC[C@@](C#N)(C[C@H](C)CC)CC3)cc2)cc1. The standard InChI is InChI=1S/C27H35NO/c1-4-18-29-26-12-10-24(11-13-26)22-6-8-23(9-7-22)25-14-16-27(20-28,17-15-25)19-21(3)5-2/h6-13,21,25H,4-5,14-19H2,1-3H3/t21-,25-,27-/m1/s1. The van der Waals surface area contributed by atoms with Crippen molar-refractivity contribution in [3.05, 3.63) is 54.1 Å². The lowest BCUT2D eigenvalue weighted by atomic mass is 9.66. The molecule has 1 aliphatic rings. The maximum absolute atomic E-state index is 9.81. The van der Waals surface area contributed by atoms with Crippen molar-refractivity contribution >= 4 is 0 Å². The average molecular weight is 390 g/mol. The minimum absolute atomic E-state index is 0.0898. The zero-order chi connectivity index (χ0) is 20.7. The molecular formula is C27H35NO. The van der Waals surface area contributed by atoms with Crippen LogP contribution in [0.5, 0.6) is 5.75 Å². The van der Waals surface area contributed by atoms with E-state index in [1.165, 1.54) is 23.1 Å². The summed E-state index contributed by atoms with van der Waals surface area (Å²) >= 11 is 0. The van der Waals surface area contributed by atoms with Crippen LogP contribution in [-0.4, -0.2) is 6.61 Å². The fourth-order valence-corrected chi connectivity index (χ4v) is 4.59. The molecule has 0 aromatic heterocycles. The van der Waals surface area contributed by atoms with E-state index in [1.807, 2.05) is 0 Å². The lowest BCUT2D eigenvalue weighted by Crippen LogP contribution is -2.27. The van der Waals surface area contributed by atoms with Crippen LogP contribution in [0.15, 0.2) is 48.5 Å². The molecule has 0 radical (unpaired) electrons. The molecule has 0 unspecified atom stereocenters. The van der Waals surface area contributed by atoms with E-state index in [0.29, 0.717) is 11.8 Å². The highest BCUT2D eigenvalue weighted by Crippen LogP contribution is 2.46. The van der Waals surface area contributed by atoms with Crippen LogP contribution in [0.4, 0.5) is 0 Å². The first-order valence-electron chi connectivity index (χ1n) is 11.3. The first kappa shape index (κ1) is 21.4. The van der Waals surface area contributed by atoms with Gasteiger partial charge in [0.05, 0.1) is 18.1 Å². The normalized spacial score (nSPS) is 22.6. The molecule has 2 aromatic rings. The Morgan fingerprint density at radius 3 is 2.10 bits per heavy atom. The second kappa shape index (κ2) is 9.97. The van der Waals surface area contributed by atoms with Crippen molar-refractivity contribution in [1.82, 2.24) is 0 Å². The largest absolute Gasteiger partial charge is 0.494 e. The summed E-state index contributed by atoms with van der Waals surface area (Å²) in [5, 5.41) is 9.81. The molecule has 1 atom stereocenters. The highest BCUT2D eigenvalue weighted by Gasteiger charge is 2.36. The molecule has 0 N–H and O–H groups in total. The third-order valence-electron chi connectivity index (χ3n) is 6.66. The van der Waals surface area contributed by atoms with Crippen molar-refractivity contribution in [2.75, 3.05) is 6.61 Å². The quantitative estimate of drug-likeness (QED) is 0.462. The Balaban J connectivity index is 1.62. The van der Waals surface area contributed by atoms with Gasteiger partial charge in [0.1, 0.15) is 5.75 Å². The predicted molar refractivity (Wildman–Crippen MR) is 121 cm³/mol. The second-order valence-electron chi connectivity index (χ2n) is 8.88. The van der Waals surface area contributed by atoms with Gasteiger partial charge in [0, 0.05) is 0 Å². The van der Waals surface area contributed by atoms with Gasteiger partial charge in [0.2, 0.25) is 0 Å². The molecule has 1 fully saturated rings. The summed E-state index contributed by atoms with van der Waals surface area (Å²) in [6, 6.07) is 20.1. The number of nitrogens with zero attached hydrogens (tertiary/aromatic N) is 1. The van der Waals surface area contributed by atoms with Gasteiger partial charge in [-0.15, -0.1) is 0 Å². The van der Waals surface area contributed by atoms with Crippen LogP contribution in [0.2, 0.25) is 0 Å². The maximum atomic E-state index is 9.81. The molecule has 3 rings (SSSR count). The number of hydrogen-bond donors (Lipinski definition) is 0. The van der Waals surface area contributed by atoms with Crippen molar-refractivity contribution in [3.8, 4) is 22.9 Å². The van der Waals surface area contributed by atoms with Gasteiger partial charge in [-0.25, -0.2) is 0 Å². The van der Waals surface area contributed by atoms with Crippen molar-refractivity contribution in [3.63, 3.8) is 0 Å². The van der Waals surface area contributed by atoms with E-state index in [-0.39, 0.29) is 5.41 Å². The van der Waals surface area contributed by atoms with E-state index in [1.54, 1.807) is 0 Å². The molecule has 2 nitrogen and oxygen atoms in total. The summed E-state index contributed by atoms with van der Waals surface area (Å²) in [6.45, 7) is 7.40. The molecule has 0 bridgehead atoms. The third kappa shape index (κ3) is 5.41. The Hall–Kier alpha value is -2.27. The van der Waals surface area contributed by atoms with Crippen LogP contribution in [-0.2, 0) is 0 Å². The van der Waals surface area contributed by atoms with Gasteiger partial charge < -0.3 is 4.74 Å². The first-order valence-corrected chi connectivity index (χ1v) is 11.3. The second-order valence-corrected chi connectivity index (χ2v) is 8.88. The molecule has 2 aromatic carbocycles. The van der Waals surface area contributed by atoms with Crippen molar-refractivity contribution in [2.24, 2.45) is 11.3 Å². The molecule has 29 heavy (non-hydrogen) atoms. The van der Waals surface area contributed by atoms with Gasteiger partial charge in [-0.3, -0.25) is 0 Å². The fraction of sp³-hybridized carbons (Fsp3) is 0.519. The lowest BCUT2D eigenvalue weighted by molar-refractivity contribution is 0.198. The average Bonchev–Trinajstić information content (AvgIpc) is 2.78. The van der Waals surface area contributed by atoms with Crippen LogP contribution >= 0.6 is 0 Å². The van der Waals surface area contributed by atoms with Crippen molar-refractivity contribution < 1.29 is 4.74 Å². The van der Waals surface area contributed by atoms with E-state index in [0.717, 1.165) is 50.9 Å². The molecule has 154 valence electrons. The van der Waals surface area contributed by atoms with Crippen LogP contribution in [0.3, 0.4) is 0 Å². The van der Waals surface area contributed by atoms with Crippen LogP contribution < -0.4 is 4.74 Å². The van der Waals surface area contributed by atoms with E-state index >= 15 is 0 Å². The Morgan fingerprint density at radius 1 is 1.00 bits per heavy atom. The Kier molecular flexibility index (Phi) is 7.37. The molecular weight excluding hydrogens is 354 g/mol. The summed E-state index contributed by atoms with van der Waals surface area (Å²) in [4.78, 5) is 0. The monoisotopic (exact) mass is 389 g/mol. The van der Waals surface area contributed by atoms with E-state index in [2.05, 4.69) is 75.4 Å². The fourth-order valence-electron chi connectivity index (χ4n) is 4.59. The Bertz CT molecular complexity index is 792. The minimum Gasteiger partial charge on any atom is -0.494 e. The number of hydrogen-bond acceptors (Lipinski definition) is 2. The lowest BCUT2D eigenvalue weighted by Gasteiger charge is -2.36. The van der Waals surface area contributed by atoms with Gasteiger partial charge in [-0.05, 0) is 79.2 Å². The summed E-state index contributed by atoms with van der Waals surface area (Å²) in [6.07, 6.45) is 7.60. The zero-order valence-corrected chi connectivity index (χ0v) is 18.3. The van der Waals surface area contributed by atoms with Crippen LogP contribution in [0, 0.1) is 22.7 Å². The molecule has 2 heteroatoms. The van der Waals surface area contributed by atoms with E-state index < -0.39 is 0 Å². The predicted octanol–water partition coefficient (Wildman–Crippen LogP) is 7.75. The third-order valence-corrected chi connectivity index (χ3v) is 6.66. The Morgan fingerprint density at radius 2 is 1.59 bits per heavy atom. The first-order chi connectivity index (χ1) is 14.1. The van der Waals surface area contributed by atoms with Crippen molar-refractivity contribution in [2.45, 2.75) is 71.6 Å². The summed E-state index contributed by atoms with van der Waals surface area (Å²) in [5.41, 5.74) is 3.80. The van der Waals surface area contributed by atoms with Gasteiger partial charge in [0.25, 0.3) is 0 Å². The van der Waals surface area contributed by atoms with E-state index in [4.69, 9.17) is 4.74 Å². The highest BCUT2D eigenvalue weighted by atomic mass is 16.5. The highest BCUT2D eigenvalue weighted by molar-refractivity contribution is 5.64.